The summed E-state index contributed by atoms with van der Waals surface area (Å²) < 4.78 is 70.0. The van der Waals surface area contributed by atoms with Gasteiger partial charge in [0.1, 0.15) is 12.0 Å². The van der Waals surface area contributed by atoms with E-state index in [2.05, 4.69) is 32.2 Å². The minimum absolute atomic E-state index is 0.0437. The minimum atomic E-state index is -4.56. The van der Waals surface area contributed by atoms with Crippen molar-refractivity contribution < 1.29 is 27.0 Å². The van der Waals surface area contributed by atoms with E-state index in [1.807, 2.05) is 0 Å². The number of anilines is 1. The van der Waals surface area contributed by atoms with Crippen LogP contribution >= 0.6 is 0 Å². The van der Waals surface area contributed by atoms with E-state index < -0.39 is 24.0 Å². The number of benzene rings is 1. The van der Waals surface area contributed by atoms with Crippen LogP contribution in [0.2, 0.25) is 0 Å². The van der Waals surface area contributed by atoms with Gasteiger partial charge in [0.2, 0.25) is 0 Å². The first-order chi connectivity index (χ1) is 21.5. The second-order valence-corrected chi connectivity index (χ2v) is 14.3. The molecule has 4 aliphatic heterocycles. The van der Waals surface area contributed by atoms with Gasteiger partial charge in [0, 0.05) is 72.7 Å². The number of fused-ring (bicyclic) bond motifs is 4. The zero-order valence-electron chi connectivity index (χ0n) is 25.6. The number of aromatic amines is 1. The lowest BCUT2D eigenvalue weighted by molar-refractivity contribution is -0.140. The van der Waals surface area contributed by atoms with Crippen molar-refractivity contribution in [3.8, 4) is 6.01 Å². The van der Waals surface area contributed by atoms with E-state index >= 15 is 0 Å². The lowest BCUT2D eigenvalue weighted by atomic mass is 9.90. The summed E-state index contributed by atoms with van der Waals surface area (Å²) in [5.41, 5.74) is 1.42. The quantitative estimate of drug-likeness (QED) is 0.352. The van der Waals surface area contributed by atoms with Gasteiger partial charge in [-0.05, 0) is 57.6 Å². The fourth-order valence-corrected chi connectivity index (χ4v) is 8.16. The van der Waals surface area contributed by atoms with Gasteiger partial charge in [0.05, 0.1) is 42.3 Å². The highest BCUT2D eigenvalue weighted by Crippen LogP contribution is 2.48. The number of rotatable bonds is 7. The second kappa shape index (κ2) is 10.5. The van der Waals surface area contributed by atoms with Crippen LogP contribution in [0.4, 0.5) is 23.4 Å². The maximum Gasteiger partial charge on any atom is 0.417 e. The molecule has 8 rings (SSSR count). The number of H-pyrrole nitrogens is 1. The fraction of sp³-hybridized carbons (Fsp3) is 0.656. The predicted molar refractivity (Wildman–Crippen MR) is 159 cm³/mol. The topological polar surface area (TPSA) is 91.4 Å². The summed E-state index contributed by atoms with van der Waals surface area (Å²) in [4.78, 5) is 14.2. The summed E-state index contributed by atoms with van der Waals surface area (Å²) in [6.07, 6.45) is 0.101. The largest absolute Gasteiger partial charge is 0.463 e. The third-order valence-corrected chi connectivity index (χ3v) is 10.6. The molecular formula is C32H39F4N7O2. The Morgan fingerprint density at radius 2 is 2.00 bits per heavy atom. The smallest absolute Gasteiger partial charge is 0.417 e. The van der Waals surface area contributed by atoms with Crippen LogP contribution in [0, 0.1) is 12.3 Å². The van der Waals surface area contributed by atoms with Gasteiger partial charge < -0.3 is 19.7 Å². The number of nitrogens with one attached hydrogen (secondary N) is 2. The van der Waals surface area contributed by atoms with Gasteiger partial charge in [-0.1, -0.05) is 0 Å². The van der Waals surface area contributed by atoms with Crippen molar-refractivity contribution >= 4 is 16.7 Å². The van der Waals surface area contributed by atoms with Crippen LogP contribution in [0.1, 0.15) is 73.1 Å². The summed E-state index contributed by atoms with van der Waals surface area (Å²) in [7, 11) is 0. The highest BCUT2D eigenvalue weighted by Gasteiger charge is 2.47. The predicted octanol–water partition coefficient (Wildman–Crippen LogP) is 5.03. The molecule has 1 aliphatic carbocycles. The standard InChI is InChI=1S/C32H39F4N7O2/c1-18-9-24-21(11-37-41-24)26(27(18)32(34,35)36)25-10-23-22(14-44-25)28(43-13-20-3-5-30(2,15-43)40-20)39-29(38-23)45-17-31(6-7-31)16-42-8-4-19(33)12-42/h9,11,19-20,25,40H,3-8,10,12-17H2,1-2H3,(H,37,41)/t19-,20?,25?,30-/m1/s1. The number of piperazine rings is 1. The number of ether oxygens (including phenoxy) is 2. The van der Waals surface area contributed by atoms with Crippen LogP contribution in [0.5, 0.6) is 6.01 Å². The average Bonchev–Trinajstić information content (AvgIpc) is 3.24. The number of aromatic nitrogens is 4. The van der Waals surface area contributed by atoms with Gasteiger partial charge in [0.15, 0.2) is 0 Å². The van der Waals surface area contributed by atoms with Crippen molar-refractivity contribution in [1.82, 2.24) is 30.4 Å². The van der Waals surface area contributed by atoms with Crippen LogP contribution in [-0.2, 0) is 23.9 Å². The first-order valence-electron chi connectivity index (χ1n) is 16.0. The first kappa shape index (κ1) is 29.4. The van der Waals surface area contributed by atoms with Gasteiger partial charge in [-0.25, -0.2) is 4.39 Å². The highest BCUT2D eigenvalue weighted by atomic mass is 19.4. The monoisotopic (exact) mass is 629 g/mol. The van der Waals surface area contributed by atoms with Gasteiger partial charge >= 0.3 is 12.2 Å². The number of nitrogens with zero attached hydrogens (tertiary/aromatic N) is 5. The van der Waals surface area contributed by atoms with Crippen LogP contribution in [0.15, 0.2) is 12.3 Å². The van der Waals surface area contributed by atoms with Gasteiger partial charge in [-0.15, -0.1) is 0 Å². The highest BCUT2D eigenvalue weighted by molar-refractivity contribution is 5.85. The van der Waals surface area contributed by atoms with E-state index in [0.717, 1.165) is 63.2 Å². The van der Waals surface area contributed by atoms with Crippen molar-refractivity contribution in [2.75, 3.05) is 44.2 Å². The number of hydrogen-bond donors (Lipinski definition) is 2. The minimum Gasteiger partial charge on any atom is -0.463 e. The Morgan fingerprint density at radius 3 is 2.73 bits per heavy atom. The Balaban J connectivity index is 1.14. The number of hydrogen-bond acceptors (Lipinski definition) is 8. The summed E-state index contributed by atoms with van der Waals surface area (Å²) in [6.45, 7) is 7.75. The Morgan fingerprint density at radius 1 is 1.16 bits per heavy atom. The molecule has 3 saturated heterocycles. The number of alkyl halides is 4. The van der Waals surface area contributed by atoms with Crippen LogP contribution in [-0.4, -0.2) is 82.1 Å². The van der Waals surface area contributed by atoms with E-state index in [0.29, 0.717) is 42.2 Å². The molecule has 2 unspecified atom stereocenters. The first-order valence-corrected chi connectivity index (χ1v) is 16.0. The summed E-state index contributed by atoms with van der Waals surface area (Å²) >= 11 is 0. The molecule has 2 bridgehead atoms. The van der Waals surface area contributed by atoms with Crippen LogP contribution < -0.4 is 15.0 Å². The Labute approximate surface area is 259 Å². The molecule has 2 aromatic heterocycles. The zero-order chi connectivity index (χ0) is 31.1. The normalized spacial score (nSPS) is 29.4. The van der Waals surface area contributed by atoms with E-state index in [-0.39, 0.29) is 41.1 Å². The van der Waals surface area contributed by atoms with Crippen molar-refractivity contribution in [3.63, 3.8) is 0 Å². The Kier molecular flexibility index (Phi) is 6.85. The van der Waals surface area contributed by atoms with Crippen molar-refractivity contribution in [2.45, 2.75) is 89.0 Å². The lowest BCUT2D eigenvalue weighted by Gasteiger charge is -2.41. The molecule has 5 aliphatic rings. The van der Waals surface area contributed by atoms with Gasteiger partial charge in [0.25, 0.3) is 0 Å². The van der Waals surface area contributed by atoms with E-state index in [1.165, 1.54) is 19.2 Å². The Bertz CT molecular complexity index is 1620. The molecule has 13 heteroatoms. The van der Waals surface area contributed by atoms with Crippen molar-refractivity contribution in [1.29, 1.82) is 0 Å². The van der Waals surface area contributed by atoms with Crippen LogP contribution in [0.25, 0.3) is 10.9 Å². The molecule has 9 nitrogen and oxygen atoms in total. The molecule has 3 aromatic rings. The second-order valence-electron chi connectivity index (χ2n) is 14.3. The third kappa shape index (κ3) is 5.44. The summed E-state index contributed by atoms with van der Waals surface area (Å²) in [5.74, 6) is 0.742. The molecule has 0 amide bonds. The summed E-state index contributed by atoms with van der Waals surface area (Å²) in [5, 5.41) is 11.0. The molecule has 4 fully saturated rings. The molecule has 242 valence electrons. The van der Waals surface area contributed by atoms with Gasteiger partial charge in [-0.2, -0.15) is 28.2 Å². The Hall–Kier alpha value is -3.03. The van der Waals surface area contributed by atoms with E-state index in [1.54, 1.807) is 0 Å². The average molecular weight is 630 g/mol. The lowest BCUT2D eigenvalue weighted by Crippen LogP contribution is -2.58. The molecule has 0 spiro atoms. The maximum atomic E-state index is 14.5. The molecule has 2 N–H and O–H groups in total. The molecule has 0 radical (unpaired) electrons. The number of aryl methyl sites for hydroxylation is 1. The summed E-state index contributed by atoms with van der Waals surface area (Å²) in [6, 6.07) is 2.06. The number of likely N-dealkylation sites (tertiary alicyclic amines) is 1. The maximum absolute atomic E-state index is 14.5. The SMILES string of the molecule is Cc1cc2[nH]ncc2c(C2Cc3nc(OCC4(CN5CC[C@@H](F)C5)CC4)nc(N4CC5CC[C@](C)(C4)N5)c3CO2)c1C(F)(F)F. The molecule has 1 aromatic carbocycles. The fourth-order valence-electron chi connectivity index (χ4n) is 8.16. The molecule has 45 heavy (non-hydrogen) atoms. The van der Waals surface area contributed by atoms with E-state index in [4.69, 9.17) is 19.4 Å². The van der Waals surface area contributed by atoms with Crippen molar-refractivity contribution in [3.05, 3.63) is 40.2 Å². The van der Waals surface area contributed by atoms with E-state index in [9.17, 15) is 17.6 Å². The zero-order valence-corrected chi connectivity index (χ0v) is 25.6. The van der Waals surface area contributed by atoms with Gasteiger partial charge in [-0.3, -0.25) is 10.00 Å². The van der Waals surface area contributed by atoms with Crippen molar-refractivity contribution in [2.24, 2.45) is 5.41 Å². The molecule has 1 saturated carbocycles. The number of halogens is 4. The molecule has 6 heterocycles. The van der Waals surface area contributed by atoms with Crippen LogP contribution in [0.3, 0.4) is 0 Å². The third-order valence-electron chi connectivity index (χ3n) is 10.6. The molecular weight excluding hydrogens is 590 g/mol. The molecule has 4 atom stereocenters.